The van der Waals surface area contributed by atoms with E-state index in [-0.39, 0.29) is 0 Å². The molecular weight excluding hydrogens is 332 g/mol. The predicted octanol–water partition coefficient (Wildman–Crippen LogP) is 2.58. The smallest absolute Gasteiger partial charge is 0.0849 e. The van der Waals surface area contributed by atoms with Gasteiger partial charge in [-0.1, -0.05) is 0 Å². The van der Waals surface area contributed by atoms with Crippen LogP contribution >= 0.6 is 15.9 Å². The van der Waals surface area contributed by atoms with Crippen molar-refractivity contribution in [3.63, 3.8) is 0 Å². The maximum atomic E-state index is 5.60. The first-order valence-electron chi connectivity index (χ1n) is 6.13. The molecule has 3 heterocycles. The van der Waals surface area contributed by atoms with Crippen molar-refractivity contribution in [1.29, 1.82) is 0 Å². The molecule has 3 aromatic rings. The van der Waals surface area contributed by atoms with Crippen LogP contribution in [0.3, 0.4) is 0 Å². The topological polar surface area (TPSA) is 95.6 Å². The Morgan fingerprint density at radius 1 is 0.952 bits per heavy atom. The molecule has 0 aliphatic heterocycles. The molecule has 0 unspecified atom stereocenters. The number of hydrogen-bond acceptors (Lipinski definition) is 5. The van der Waals surface area contributed by atoms with Crippen molar-refractivity contribution in [2.75, 3.05) is 11.5 Å². The molecule has 3 aromatic heterocycles. The Labute approximate surface area is 131 Å². The minimum absolute atomic E-state index is 0.644. The van der Waals surface area contributed by atoms with Crippen LogP contribution in [0.4, 0.5) is 11.4 Å². The van der Waals surface area contributed by atoms with Gasteiger partial charge in [0.05, 0.1) is 29.5 Å². The number of rotatable bonds is 1. The number of anilines is 2. The van der Waals surface area contributed by atoms with Crippen LogP contribution in [0.15, 0.2) is 53.8 Å². The largest absolute Gasteiger partial charge is 0.397 e. The van der Waals surface area contributed by atoms with E-state index in [9.17, 15) is 0 Å². The molecule has 0 saturated carbocycles. The van der Waals surface area contributed by atoms with E-state index < -0.39 is 0 Å². The average Bonchev–Trinajstić information content (AvgIpc) is 2.86. The number of nitrogens with two attached hydrogens (primary N) is 2. The lowest BCUT2D eigenvalue weighted by atomic mass is 10.4. The number of nitrogens with zero attached hydrogens (tertiary/aromatic N) is 4. The first kappa shape index (κ1) is 15.0. The van der Waals surface area contributed by atoms with Gasteiger partial charge in [0.25, 0.3) is 0 Å². The van der Waals surface area contributed by atoms with Gasteiger partial charge in [-0.2, -0.15) is 5.10 Å². The van der Waals surface area contributed by atoms with E-state index in [1.54, 1.807) is 41.7 Å². The summed E-state index contributed by atoms with van der Waals surface area (Å²) >= 11 is 3.22. The summed E-state index contributed by atoms with van der Waals surface area (Å²) in [7, 11) is 0. The van der Waals surface area contributed by atoms with E-state index in [4.69, 9.17) is 11.5 Å². The molecule has 0 aromatic carbocycles. The second-order valence-corrected chi connectivity index (χ2v) is 5.29. The van der Waals surface area contributed by atoms with Crippen molar-refractivity contribution >= 4 is 27.3 Å². The van der Waals surface area contributed by atoms with E-state index in [0.717, 1.165) is 15.7 Å². The zero-order valence-electron chi connectivity index (χ0n) is 11.4. The Kier molecular flexibility index (Phi) is 4.89. The highest BCUT2D eigenvalue weighted by Gasteiger charge is 1.98. The molecule has 0 bridgehead atoms. The van der Waals surface area contributed by atoms with Gasteiger partial charge in [0.2, 0.25) is 0 Å². The van der Waals surface area contributed by atoms with Crippen molar-refractivity contribution in [2.24, 2.45) is 0 Å². The molecule has 4 N–H and O–H groups in total. The molecule has 0 aliphatic carbocycles. The maximum Gasteiger partial charge on any atom is 0.0849 e. The fourth-order valence-corrected chi connectivity index (χ4v) is 1.94. The van der Waals surface area contributed by atoms with Gasteiger partial charge in [-0.3, -0.25) is 9.97 Å². The zero-order chi connectivity index (χ0) is 15.2. The summed E-state index contributed by atoms with van der Waals surface area (Å²) in [6.07, 6.45) is 10.4. The molecule has 21 heavy (non-hydrogen) atoms. The van der Waals surface area contributed by atoms with Gasteiger partial charge in [-0.25, -0.2) is 4.68 Å². The summed E-state index contributed by atoms with van der Waals surface area (Å²) in [6, 6.07) is 3.63. The first-order chi connectivity index (χ1) is 10.0. The molecule has 0 radical (unpaired) electrons. The van der Waals surface area contributed by atoms with Crippen molar-refractivity contribution in [2.45, 2.75) is 6.92 Å². The normalized spacial score (nSPS) is 9.81. The quantitative estimate of drug-likeness (QED) is 0.705. The lowest BCUT2D eigenvalue weighted by Gasteiger charge is -2.00. The standard InChI is InChI=1S/C9H10N4.C5H5BrN2/c1-7-3-12-13(6-7)9-2-8(10)4-11-5-9;6-4-1-5(7)3-8-2-4/h2-6H,10H2,1H3;1-3H,7H2. The zero-order valence-corrected chi connectivity index (χ0v) is 13.0. The SMILES string of the molecule is Cc1cnn(-c2cncc(N)c2)c1.Nc1cncc(Br)c1. The number of pyridine rings is 2. The second-order valence-electron chi connectivity index (χ2n) is 4.38. The summed E-state index contributed by atoms with van der Waals surface area (Å²) in [5, 5.41) is 4.15. The molecule has 0 saturated heterocycles. The fourth-order valence-electron chi connectivity index (χ4n) is 1.55. The van der Waals surface area contributed by atoms with E-state index in [2.05, 4.69) is 31.0 Å². The van der Waals surface area contributed by atoms with Gasteiger partial charge < -0.3 is 11.5 Å². The Morgan fingerprint density at radius 3 is 2.10 bits per heavy atom. The molecule has 0 amide bonds. The van der Waals surface area contributed by atoms with Gasteiger partial charge in [0.15, 0.2) is 0 Å². The van der Waals surface area contributed by atoms with Crippen LogP contribution in [0.5, 0.6) is 0 Å². The molecule has 3 rings (SSSR count). The highest BCUT2D eigenvalue weighted by atomic mass is 79.9. The second kappa shape index (κ2) is 6.85. The average molecular weight is 347 g/mol. The van der Waals surface area contributed by atoms with Crippen molar-refractivity contribution in [3.8, 4) is 5.69 Å². The van der Waals surface area contributed by atoms with Crippen LogP contribution in [0.25, 0.3) is 5.69 Å². The van der Waals surface area contributed by atoms with Crippen molar-refractivity contribution < 1.29 is 0 Å². The maximum absolute atomic E-state index is 5.60. The highest BCUT2D eigenvalue weighted by molar-refractivity contribution is 9.10. The van der Waals surface area contributed by atoms with E-state index in [0.29, 0.717) is 11.4 Å². The van der Waals surface area contributed by atoms with Crippen molar-refractivity contribution in [1.82, 2.24) is 19.7 Å². The molecule has 108 valence electrons. The molecule has 7 heteroatoms. The highest BCUT2D eigenvalue weighted by Crippen LogP contribution is 2.10. The molecule has 0 atom stereocenters. The van der Waals surface area contributed by atoms with Crippen molar-refractivity contribution in [3.05, 3.63) is 59.3 Å². The third-order valence-electron chi connectivity index (χ3n) is 2.45. The van der Waals surface area contributed by atoms with E-state index in [1.807, 2.05) is 19.2 Å². The predicted molar refractivity (Wildman–Crippen MR) is 86.9 cm³/mol. The Hall–Kier alpha value is -2.41. The monoisotopic (exact) mass is 346 g/mol. The molecule has 0 fully saturated rings. The number of aryl methyl sites for hydroxylation is 1. The van der Waals surface area contributed by atoms with E-state index in [1.165, 1.54) is 0 Å². The first-order valence-corrected chi connectivity index (χ1v) is 6.92. The number of aromatic nitrogens is 4. The van der Waals surface area contributed by atoms with Crippen LogP contribution in [-0.4, -0.2) is 19.7 Å². The lowest BCUT2D eigenvalue weighted by molar-refractivity contribution is 0.874. The van der Waals surface area contributed by atoms with Crippen LogP contribution in [0, 0.1) is 6.92 Å². The summed E-state index contributed by atoms with van der Waals surface area (Å²) in [6.45, 7) is 1.99. The summed E-state index contributed by atoms with van der Waals surface area (Å²) in [4.78, 5) is 7.80. The van der Waals surface area contributed by atoms with Gasteiger partial charge in [0.1, 0.15) is 0 Å². The molecular formula is C14H15BrN6. The lowest BCUT2D eigenvalue weighted by Crippen LogP contribution is -1.96. The van der Waals surface area contributed by atoms with E-state index >= 15 is 0 Å². The van der Waals surface area contributed by atoms with Gasteiger partial charge in [-0.15, -0.1) is 0 Å². The fraction of sp³-hybridized carbons (Fsp3) is 0.0714. The van der Waals surface area contributed by atoms with Crippen LogP contribution < -0.4 is 11.5 Å². The Bertz CT molecular complexity index is 707. The minimum Gasteiger partial charge on any atom is -0.397 e. The third kappa shape index (κ3) is 4.57. The number of nitrogen functional groups attached to an aromatic ring is 2. The third-order valence-corrected chi connectivity index (χ3v) is 2.88. The number of hydrogen-bond donors (Lipinski definition) is 2. The summed E-state index contributed by atoms with van der Waals surface area (Å²) < 4.78 is 2.66. The summed E-state index contributed by atoms with van der Waals surface area (Å²) in [5.74, 6) is 0. The van der Waals surface area contributed by atoms with Crippen LogP contribution in [0.2, 0.25) is 0 Å². The molecule has 6 nitrogen and oxygen atoms in total. The minimum atomic E-state index is 0.644. The number of halogens is 1. The Morgan fingerprint density at radius 2 is 1.62 bits per heavy atom. The summed E-state index contributed by atoms with van der Waals surface area (Å²) in [5.41, 5.74) is 14.3. The Balaban J connectivity index is 0.000000173. The molecule has 0 aliphatic rings. The van der Waals surface area contributed by atoms with Gasteiger partial charge >= 0.3 is 0 Å². The van der Waals surface area contributed by atoms with Crippen LogP contribution in [0.1, 0.15) is 5.56 Å². The van der Waals surface area contributed by atoms with Crippen LogP contribution in [-0.2, 0) is 0 Å². The van der Waals surface area contributed by atoms with Gasteiger partial charge in [0, 0.05) is 29.3 Å². The van der Waals surface area contributed by atoms with Gasteiger partial charge in [-0.05, 0) is 40.5 Å². The molecule has 0 spiro atoms.